The van der Waals surface area contributed by atoms with Gasteiger partial charge in [-0.1, -0.05) is 17.7 Å². The Morgan fingerprint density at radius 2 is 1.60 bits per heavy atom. The third-order valence-electron chi connectivity index (χ3n) is 4.30. The summed E-state index contributed by atoms with van der Waals surface area (Å²) in [5.74, 6) is -0.180. The summed E-state index contributed by atoms with van der Waals surface area (Å²) in [6, 6.07) is 11.1. The first-order valence-electron chi connectivity index (χ1n) is 8.26. The Morgan fingerprint density at radius 3 is 2.16 bits per heavy atom. The summed E-state index contributed by atoms with van der Waals surface area (Å²) in [5.41, 5.74) is 3.98. The number of rotatable bonds is 4. The smallest absolute Gasteiger partial charge is 0.321 e. The highest BCUT2D eigenvalue weighted by atomic mass is 79.9. The summed E-state index contributed by atoms with van der Waals surface area (Å²) in [5, 5.41) is 2.93. The van der Waals surface area contributed by atoms with Crippen LogP contribution in [0, 0.1) is 6.92 Å². The first kappa shape index (κ1) is 17.5. The molecule has 3 rings (SSSR count). The molecular weight excluding hydrogens is 382 g/mol. The van der Waals surface area contributed by atoms with Gasteiger partial charge in [-0.2, -0.15) is 0 Å². The second-order valence-electron chi connectivity index (χ2n) is 5.91. The van der Waals surface area contributed by atoms with Crippen LogP contribution in [0.25, 0.3) is 11.0 Å². The van der Waals surface area contributed by atoms with E-state index < -0.39 is 0 Å². The third-order valence-corrected chi connectivity index (χ3v) is 4.96. The van der Waals surface area contributed by atoms with Crippen molar-refractivity contribution in [3.8, 4) is 0 Å². The maximum atomic E-state index is 12.5. The second kappa shape index (κ2) is 6.88. The van der Waals surface area contributed by atoms with Gasteiger partial charge >= 0.3 is 5.69 Å². The number of hydrogen-bond acceptors (Lipinski definition) is 2. The van der Waals surface area contributed by atoms with E-state index >= 15 is 0 Å². The topological polar surface area (TPSA) is 56.0 Å². The number of carbonyl (C=O) groups is 1. The molecule has 1 heterocycles. The minimum atomic E-state index is -0.180. The highest BCUT2D eigenvalue weighted by Gasteiger charge is 2.15. The van der Waals surface area contributed by atoms with Crippen LogP contribution in [0.4, 0.5) is 5.69 Å². The molecule has 1 N–H and O–H groups in total. The van der Waals surface area contributed by atoms with Crippen molar-refractivity contribution >= 4 is 38.6 Å². The molecule has 0 bridgehead atoms. The number of imidazole rings is 1. The van der Waals surface area contributed by atoms with Gasteiger partial charge in [-0.15, -0.1) is 0 Å². The standard InChI is InChI=1S/C19H20BrN3O2/c1-4-22-16-10-14(20)15(11-17(16)23(5-2)19(22)25)21-18(24)13-8-6-12(3)7-9-13/h6-11H,4-5H2,1-3H3,(H,21,24). The number of fused-ring (bicyclic) bond motifs is 1. The van der Waals surface area contributed by atoms with Crippen LogP contribution < -0.4 is 11.0 Å². The van der Waals surface area contributed by atoms with Crippen molar-refractivity contribution in [1.82, 2.24) is 9.13 Å². The minimum absolute atomic E-state index is 0.0334. The van der Waals surface area contributed by atoms with E-state index in [4.69, 9.17) is 0 Å². The number of aryl methyl sites for hydroxylation is 3. The Hall–Kier alpha value is -2.34. The summed E-state index contributed by atoms with van der Waals surface area (Å²) in [4.78, 5) is 25.0. The van der Waals surface area contributed by atoms with Crippen LogP contribution in [0.5, 0.6) is 0 Å². The predicted octanol–water partition coefficient (Wildman–Crippen LogP) is 4.17. The zero-order chi connectivity index (χ0) is 18.1. The summed E-state index contributed by atoms with van der Waals surface area (Å²) in [7, 11) is 0. The zero-order valence-electron chi connectivity index (χ0n) is 14.5. The Labute approximate surface area is 154 Å². The molecule has 0 aliphatic rings. The molecule has 1 aromatic heterocycles. The molecule has 0 unspecified atom stereocenters. The second-order valence-corrected chi connectivity index (χ2v) is 6.77. The number of hydrogen-bond donors (Lipinski definition) is 1. The van der Waals surface area contributed by atoms with Gasteiger partial charge in [0.25, 0.3) is 5.91 Å². The fourth-order valence-electron chi connectivity index (χ4n) is 2.94. The van der Waals surface area contributed by atoms with Crippen LogP contribution in [0.1, 0.15) is 29.8 Å². The van der Waals surface area contributed by atoms with E-state index in [0.29, 0.717) is 24.3 Å². The van der Waals surface area contributed by atoms with E-state index in [1.165, 1.54) is 0 Å². The molecule has 0 spiro atoms. The number of halogens is 1. The fourth-order valence-corrected chi connectivity index (χ4v) is 3.37. The number of carbonyl (C=O) groups excluding carboxylic acids is 1. The van der Waals surface area contributed by atoms with E-state index in [-0.39, 0.29) is 11.6 Å². The number of amides is 1. The first-order chi connectivity index (χ1) is 12.0. The molecule has 6 heteroatoms. The quantitative estimate of drug-likeness (QED) is 0.713. The van der Waals surface area contributed by atoms with E-state index in [1.54, 1.807) is 21.3 Å². The molecule has 0 saturated carbocycles. The number of anilines is 1. The Bertz CT molecular complexity index is 1000. The molecule has 25 heavy (non-hydrogen) atoms. The van der Waals surface area contributed by atoms with Gasteiger partial charge in [0.2, 0.25) is 0 Å². The van der Waals surface area contributed by atoms with Crippen LogP contribution in [-0.4, -0.2) is 15.0 Å². The van der Waals surface area contributed by atoms with Crippen LogP contribution in [0.2, 0.25) is 0 Å². The largest absolute Gasteiger partial charge is 0.329 e. The lowest BCUT2D eigenvalue weighted by atomic mass is 10.1. The maximum absolute atomic E-state index is 12.5. The first-order valence-corrected chi connectivity index (χ1v) is 9.06. The highest BCUT2D eigenvalue weighted by molar-refractivity contribution is 9.10. The van der Waals surface area contributed by atoms with E-state index in [2.05, 4.69) is 21.2 Å². The van der Waals surface area contributed by atoms with Crippen LogP contribution in [-0.2, 0) is 13.1 Å². The van der Waals surface area contributed by atoms with Crippen LogP contribution in [0.15, 0.2) is 45.7 Å². The molecule has 0 saturated heterocycles. The molecule has 130 valence electrons. The molecule has 0 aliphatic heterocycles. The van der Waals surface area contributed by atoms with Gasteiger partial charge in [0.1, 0.15) is 0 Å². The van der Waals surface area contributed by atoms with Crippen molar-refractivity contribution in [1.29, 1.82) is 0 Å². The molecule has 0 atom stereocenters. The van der Waals surface area contributed by atoms with Gasteiger partial charge < -0.3 is 5.32 Å². The van der Waals surface area contributed by atoms with Crippen molar-refractivity contribution in [2.45, 2.75) is 33.9 Å². The molecule has 0 radical (unpaired) electrons. The van der Waals surface area contributed by atoms with Gasteiger partial charge in [0.05, 0.1) is 16.7 Å². The van der Waals surface area contributed by atoms with Gasteiger partial charge in [-0.25, -0.2) is 4.79 Å². The van der Waals surface area contributed by atoms with E-state index in [9.17, 15) is 9.59 Å². The summed E-state index contributed by atoms with van der Waals surface area (Å²) in [6.45, 7) is 7.04. The van der Waals surface area contributed by atoms with Gasteiger partial charge in [-0.05, 0) is 61.0 Å². The average molecular weight is 402 g/mol. The normalized spacial score (nSPS) is 11.0. The molecule has 3 aromatic rings. The van der Waals surface area contributed by atoms with Crippen molar-refractivity contribution in [2.24, 2.45) is 0 Å². The van der Waals surface area contributed by atoms with E-state index in [1.807, 2.05) is 45.0 Å². The number of aromatic nitrogens is 2. The lowest BCUT2D eigenvalue weighted by Crippen LogP contribution is -2.23. The number of nitrogens with zero attached hydrogens (tertiary/aromatic N) is 2. The molecule has 0 aliphatic carbocycles. The lowest BCUT2D eigenvalue weighted by Gasteiger charge is -2.09. The Balaban J connectivity index is 2.05. The van der Waals surface area contributed by atoms with Crippen molar-refractivity contribution in [3.05, 3.63) is 62.5 Å². The third kappa shape index (κ3) is 3.14. The fraction of sp³-hybridized carbons (Fsp3) is 0.263. The molecule has 0 fully saturated rings. The molecular formula is C19H20BrN3O2. The SMILES string of the molecule is CCn1c(=O)n(CC)c2cc(NC(=O)c3ccc(C)cc3)c(Br)cc21. The average Bonchev–Trinajstić information content (AvgIpc) is 2.85. The monoisotopic (exact) mass is 401 g/mol. The van der Waals surface area contributed by atoms with Crippen LogP contribution in [0.3, 0.4) is 0 Å². The van der Waals surface area contributed by atoms with Crippen molar-refractivity contribution in [3.63, 3.8) is 0 Å². The zero-order valence-corrected chi connectivity index (χ0v) is 16.1. The van der Waals surface area contributed by atoms with Crippen molar-refractivity contribution < 1.29 is 4.79 Å². The molecule has 2 aromatic carbocycles. The predicted molar refractivity (Wildman–Crippen MR) is 104 cm³/mol. The molecule has 1 amide bonds. The summed E-state index contributed by atoms with van der Waals surface area (Å²) >= 11 is 3.51. The Kier molecular flexibility index (Phi) is 4.81. The van der Waals surface area contributed by atoms with Gasteiger partial charge in [0.15, 0.2) is 0 Å². The van der Waals surface area contributed by atoms with E-state index in [0.717, 1.165) is 21.1 Å². The summed E-state index contributed by atoms with van der Waals surface area (Å²) in [6.07, 6.45) is 0. The highest BCUT2D eigenvalue weighted by Crippen LogP contribution is 2.29. The Morgan fingerprint density at radius 1 is 1.04 bits per heavy atom. The summed E-state index contributed by atoms with van der Waals surface area (Å²) < 4.78 is 4.19. The number of nitrogens with one attached hydrogen (secondary N) is 1. The van der Waals surface area contributed by atoms with Crippen LogP contribution >= 0.6 is 15.9 Å². The molecule has 5 nitrogen and oxygen atoms in total. The maximum Gasteiger partial charge on any atom is 0.329 e. The number of benzene rings is 2. The lowest BCUT2D eigenvalue weighted by molar-refractivity contribution is 0.102. The minimum Gasteiger partial charge on any atom is -0.321 e. The van der Waals surface area contributed by atoms with Crippen molar-refractivity contribution in [2.75, 3.05) is 5.32 Å². The van der Waals surface area contributed by atoms with Gasteiger partial charge in [-0.3, -0.25) is 13.9 Å². The van der Waals surface area contributed by atoms with Gasteiger partial charge in [0, 0.05) is 23.1 Å².